The minimum absolute atomic E-state index is 0.0405. The molecule has 0 saturated carbocycles. The summed E-state index contributed by atoms with van der Waals surface area (Å²) >= 11 is 0. The van der Waals surface area contributed by atoms with E-state index in [0.29, 0.717) is 6.42 Å². The fourth-order valence-corrected chi connectivity index (χ4v) is 1.26. The Balaban J connectivity index is 2.57. The molecule has 0 spiro atoms. The van der Waals surface area contributed by atoms with Gasteiger partial charge in [0, 0.05) is 13.0 Å². The molecule has 2 atom stereocenters. The first-order valence-electron chi connectivity index (χ1n) is 3.60. The minimum Gasteiger partial charge on any atom is -0.481 e. The molecule has 2 N–H and O–H groups in total. The maximum atomic E-state index is 10.7. The smallest absolute Gasteiger partial charge is 0.308 e. The molecule has 11 heavy (non-hydrogen) atoms. The van der Waals surface area contributed by atoms with Crippen molar-refractivity contribution in [2.24, 2.45) is 11.8 Å². The second-order valence-electron chi connectivity index (χ2n) is 2.93. The van der Waals surface area contributed by atoms with Crippen LogP contribution in [0.2, 0.25) is 0 Å². The van der Waals surface area contributed by atoms with Crippen LogP contribution in [-0.4, -0.2) is 23.5 Å². The summed E-state index contributed by atoms with van der Waals surface area (Å²) in [6, 6.07) is 0. The topological polar surface area (TPSA) is 66.4 Å². The maximum absolute atomic E-state index is 10.7. The molecule has 0 aliphatic carbocycles. The predicted octanol–water partition coefficient (Wildman–Crippen LogP) is -0.157. The minimum atomic E-state index is -0.822. The van der Waals surface area contributed by atoms with Gasteiger partial charge in [0.2, 0.25) is 5.91 Å². The monoisotopic (exact) mass is 157 g/mol. The van der Waals surface area contributed by atoms with Crippen molar-refractivity contribution in [3.63, 3.8) is 0 Å². The highest BCUT2D eigenvalue weighted by molar-refractivity contribution is 5.80. The fourth-order valence-electron chi connectivity index (χ4n) is 1.26. The average Bonchev–Trinajstić information content (AvgIpc) is 1.85. The van der Waals surface area contributed by atoms with Crippen LogP contribution in [0.5, 0.6) is 0 Å². The molecule has 1 amide bonds. The third-order valence-corrected chi connectivity index (χ3v) is 2.03. The number of hydrogen-bond donors (Lipinski definition) is 2. The molecule has 1 rings (SSSR count). The Morgan fingerprint density at radius 2 is 2.36 bits per heavy atom. The third kappa shape index (κ3) is 1.69. The number of piperidine rings is 1. The van der Waals surface area contributed by atoms with E-state index in [-0.39, 0.29) is 18.4 Å². The number of hydrogen-bond acceptors (Lipinski definition) is 2. The zero-order valence-corrected chi connectivity index (χ0v) is 6.33. The van der Waals surface area contributed by atoms with Crippen molar-refractivity contribution in [1.29, 1.82) is 0 Å². The molecule has 1 aliphatic heterocycles. The maximum Gasteiger partial charge on any atom is 0.308 e. The molecule has 1 aliphatic rings. The number of rotatable bonds is 1. The molecule has 0 radical (unpaired) electrons. The van der Waals surface area contributed by atoms with Crippen LogP contribution in [-0.2, 0) is 9.59 Å². The summed E-state index contributed by atoms with van der Waals surface area (Å²) in [5.41, 5.74) is 0. The second-order valence-corrected chi connectivity index (χ2v) is 2.93. The molecular formula is C7H11NO3. The van der Waals surface area contributed by atoms with E-state index in [1.807, 2.05) is 0 Å². The van der Waals surface area contributed by atoms with Gasteiger partial charge in [0.15, 0.2) is 0 Å². The molecule has 0 aromatic rings. The summed E-state index contributed by atoms with van der Waals surface area (Å²) in [7, 11) is 0. The van der Waals surface area contributed by atoms with Gasteiger partial charge in [0.05, 0.1) is 5.92 Å². The van der Waals surface area contributed by atoms with E-state index < -0.39 is 11.9 Å². The van der Waals surface area contributed by atoms with E-state index >= 15 is 0 Å². The highest BCUT2D eigenvalue weighted by Gasteiger charge is 2.30. The van der Waals surface area contributed by atoms with E-state index in [0.717, 1.165) is 0 Å². The van der Waals surface area contributed by atoms with Crippen molar-refractivity contribution in [3.05, 3.63) is 0 Å². The molecule has 0 aromatic carbocycles. The number of amides is 1. The van der Waals surface area contributed by atoms with Gasteiger partial charge in [-0.2, -0.15) is 0 Å². The third-order valence-electron chi connectivity index (χ3n) is 2.03. The molecule has 1 fully saturated rings. The van der Waals surface area contributed by atoms with Gasteiger partial charge < -0.3 is 10.4 Å². The first-order valence-corrected chi connectivity index (χ1v) is 3.60. The van der Waals surface area contributed by atoms with Crippen LogP contribution in [0.1, 0.15) is 13.3 Å². The molecule has 1 saturated heterocycles. The van der Waals surface area contributed by atoms with E-state index in [4.69, 9.17) is 5.11 Å². The zero-order chi connectivity index (χ0) is 8.43. The molecular weight excluding hydrogens is 146 g/mol. The summed E-state index contributed by atoms with van der Waals surface area (Å²) < 4.78 is 0. The predicted molar refractivity (Wildman–Crippen MR) is 37.9 cm³/mol. The van der Waals surface area contributed by atoms with Gasteiger partial charge in [-0.25, -0.2) is 0 Å². The van der Waals surface area contributed by atoms with Gasteiger partial charge in [-0.05, 0) is 5.92 Å². The Kier molecular flexibility index (Phi) is 2.12. The molecule has 1 heterocycles. The van der Waals surface area contributed by atoms with Crippen LogP contribution in [0.3, 0.4) is 0 Å². The standard InChI is InChI=1S/C7H11NO3/c1-4-2-6(9)8-3-5(4)7(10)11/h4-5H,2-3H2,1H3,(H,8,9)(H,10,11). The number of aliphatic carboxylic acids is 1. The summed E-state index contributed by atoms with van der Waals surface area (Å²) in [4.78, 5) is 21.3. The van der Waals surface area contributed by atoms with Crippen LogP contribution in [0, 0.1) is 11.8 Å². The van der Waals surface area contributed by atoms with Crippen LogP contribution in [0.25, 0.3) is 0 Å². The Labute approximate surface area is 64.6 Å². The fraction of sp³-hybridized carbons (Fsp3) is 0.714. The SMILES string of the molecule is CC1CC(=O)NCC1C(=O)O. The lowest BCUT2D eigenvalue weighted by atomic mass is 9.88. The van der Waals surface area contributed by atoms with Crippen molar-refractivity contribution < 1.29 is 14.7 Å². The second kappa shape index (κ2) is 2.90. The molecule has 0 aromatic heterocycles. The van der Waals surface area contributed by atoms with Crippen molar-refractivity contribution in [1.82, 2.24) is 5.32 Å². The summed E-state index contributed by atoms with van der Waals surface area (Å²) in [5, 5.41) is 11.2. The number of carbonyl (C=O) groups excluding carboxylic acids is 1. The number of carbonyl (C=O) groups is 2. The summed E-state index contributed by atoms with van der Waals surface area (Å²) in [6.07, 6.45) is 0.330. The highest BCUT2D eigenvalue weighted by Crippen LogP contribution is 2.18. The van der Waals surface area contributed by atoms with Crippen molar-refractivity contribution in [2.45, 2.75) is 13.3 Å². The number of carboxylic acid groups (broad SMARTS) is 1. The van der Waals surface area contributed by atoms with Gasteiger partial charge >= 0.3 is 5.97 Å². The summed E-state index contributed by atoms with van der Waals surface area (Å²) in [5.74, 6) is -1.32. The van der Waals surface area contributed by atoms with Crippen molar-refractivity contribution in [3.8, 4) is 0 Å². The van der Waals surface area contributed by atoms with E-state index in [9.17, 15) is 9.59 Å². The van der Waals surface area contributed by atoms with Gasteiger partial charge in [-0.3, -0.25) is 9.59 Å². The van der Waals surface area contributed by atoms with Gasteiger partial charge in [0.25, 0.3) is 0 Å². The lowest BCUT2D eigenvalue weighted by Gasteiger charge is -2.25. The van der Waals surface area contributed by atoms with Crippen molar-refractivity contribution >= 4 is 11.9 Å². The normalized spacial score (nSPS) is 31.2. The molecule has 0 bridgehead atoms. The quantitative estimate of drug-likeness (QED) is 0.556. The molecule has 4 heteroatoms. The van der Waals surface area contributed by atoms with E-state index in [2.05, 4.69) is 5.32 Å². The Morgan fingerprint density at radius 1 is 1.73 bits per heavy atom. The van der Waals surface area contributed by atoms with E-state index in [1.165, 1.54) is 0 Å². The lowest BCUT2D eigenvalue weighted by Crippen LogP contribution is -2.43. The van der Waals surface area contributed by atoms with Crippen LogP contribution < -0.4 is 5.32 Å². The van der Waals surface area contributed by atoms with Crippen molar-refractivity contribution in [2.75, 3.05) is 6.54 Å². The Bertz CT molecular complexity index is 190. The Hall–Kier alpha value is -1.06. The highest BCUT2D eigenvalue weighted by atomic mass is 16.4. The number of nitrogens with one attached hydrogen (secondary N) is 1. The molecule has 4 nitrogen and oxygen atoms in total. The number of carboxylic acids is 1. The molecule has 2 unspecified atom stereocenters. The van der Waals surface area contributed by atoms with Crippen LogP contribution >= 0.6 is 0 Å². The first kappa shape index (κ1) is 8.04. The van der Waals surface area contributed by atoms with E-state index in [1.54, 1.807) is 6.92 Å². The van der Waals surface area contributed by atoms with Crippen LogP contribution in [0.15, 0.2) is 0 Å². The summed E-state index contributed by atoms with van der Waals surface area (Å²) in [6.45, 7) is 2.06. The Morgan fingerprint density at radius 3 is 2.82 bits per heavy atom. The molecule has 62 valence electrons. The first-order chi connectivity index (χ1) is 5.11. The van der Waals surface area contributed by atoms with Gasteiger partial charge in [-0.15, -0.1) is 0 Å². The van der Waals surface area contributed by atoms with Crippen LogP contribution in [0.4, 0.5) is 0 Å². The average molecular weight is 157 g/mol. The zero-order valence-electron chi connectivity index (χ0n) is 6.33. The van der Waals surface area contributed by atoms with Gasteiger partial charge in [-0.1, -0.05) is 6.92 Å². The van der Waals surface area contributed by atoms with Gasteiger partial charge in [0.1, 0.15) is 0 Å². The largest absolute Gasteiger partial charge is 0.481 e. The lowest BCUT2D eigenvalue weighted by molar-refractivity contribution is -0.145.